The summed E-state index contributed by atoms with van der Waals surface area (Å²) in [6.07, 6.45) is 1.01. The van der Waals surface area contributed by atoms with E-state index in [0.717, 1.165) is 17.9 Å². The molecular weight excluding hydrogens is 268 g/mol. The molecule has 3 nitrogen and oxygen atoms in total. The number of para-hydroxylation sites is 1. The van der Waals surface area contributed by atoms with Gasteiger partial charge >= 0.3 is 0 Å². The molecule has 20 heavy (non-hydrogen) atoms. The van der Waals surface area contributed by atoms with Gasteiger partial charge in [-0.05, 0) is 24.2 Å². The Bertz CT molecular complexity index is 477. The van der Waals surface area contributed by atoms with Gasteiger partial charge in [-0.2, -0.15) is 0 Å². The van der Waals surface area contributed by atoms with Crippen molar-refractivity contribution < 1.29 is 13.9 Å². The lowest BCUT2D eigenvalue weighted by atomic mass is 10.1. The molecule has 0 spiro atoms. The highest BCUT2D eigenvalue weighted by Gasteiger charge is 2.38. The van der Waals surface area contributed by atoms with Crippen LogP contribution in [0.4, 0.5) is 0 Å². The van der Waals surface area contributed by atoms with Crippen LogP contribution in [0.15, 0.2) is 18.2 Å². The minimum Gasteiger partial charge on any atom is -0.493 e. The molecule has 0 saturated carbocycles. The lowest BCUT2D eigenvalue weighted by Gasteiger charge is -2.36. The Balaban J connectivity index is 1.99. The van der Waals surface area contributed by atoms with Gasteiger partial charge in [0.2, 0.25) is 0 Å². The predicted octanol–water partition coefficient (Wildman–Crippen LogP) is 4.02. The summed E-state index contributed by atoms with van der Waals surface area (Å²) in [5.74, 6) is 1.70. The van der Waals surface area contributed by atoms with Crippen molar-refractivity contribution in [3.63, 3.8) is 0 Å². The van der Waals surface area contributed by atoms with E-state index in [9.17, 15) is 0 Å². The normalized spacial score (nSPS) is 18.6. The van der Waals surface area contributed by atoms with Gasteiger partial charge in [-0.25, -0.2) is 0 Å². The van der Waals surface area contributed by atoms with Crippen molar-refractivity contribution >= 4 is 8.32 Å². The molecule has 1 heterocycles. The summed E-state index contributed by atoms with van der Waals surface area (Å²) in [4.78, 5) is 0. The third-order valence-corrected chi connectivity index (χ3v) is 8.95. The molecule has 0 N–H and O–H groups in total. The zero-order valence-electron chi connectivity index (χ0n) is 13.4. The van der Waals surface area contributed by atoms with Crippen molar-refractivity contribution in [2.75, 3.05) is 13.7 Å². The molecule has 1 aromatic rings. The number of hydrogen-bond acceptors (Lipinski definition) is 3. The zero-order valence-corrected chi connectivity index (χ0v) is 14.4. The van der Waals surface area contributed by atoms with E-state index in [0.29, 0.717) is 6.61 Å². The zero-order chi connectivity index (χ0) is 15.0. The lowest BCUT2D eigenvalue weighted by Crippen LogP contribution is -2.43. The second-order valence-electron chi connectivity index (χ2n) is 6.96. The van der Waals surface area contributed by atoms with Crippen molar-refractivity contribution in [1.29, 1.82) is 0 Å². The van der Waals surface area contributed by atoms with Gasteiger partial charge in [-0.1, -0.05) is 32.9 Å². The summed E-state index contributed by atoms with van der Waals surface area (Å²) < 4.78 is 17.6. The fourth-order valence-corrected chi connectivity index (χ4v) is 3.12. The molecule has 112 valence electrons. The van der Waals surface area contributed by atoms with Gasteiger partial charge in [0, 0.05) is 12.0 Å². The SMILES string of the molecule is COc1cccc2c1OC(CO[Si](C)(C)C(C)(C)C)C2. The van der Waals surface area contributed by atoms with E-state index in [-0.39, 0.29) is 11.1 Å². The highest BCUT2D eigenvalue weighted by atomic mass is 28.4. The van der Waals surface area contributed by atoms with E-state index in [4.69, 9.17) is 13.9 Å². The molecule has 2 rings (SSSR count). The maximum absolute atomic E-state index is 6.26. The average molecular weight is 294 g/mol. The number of fused-ring (bicyclic) bond motifs is 1. The van der Waals surface area contributed by atoms with Crippen molar-refractivity contribution in [1.82, 2.24) is 0 Å². The lowest BCUT2D eigenvalue weighted by molar-refractivity contribution is 0.136. The first-order valence-electron chi connectivity index (χ1n) is 7.21. The number of hydrogen-bond donors (Lipinski definition) is 0. The molecule has 0 bridgehead atoms. The van der Waals surface area contributed by atoms with Crippen LogP contribution in [-0.2, 0) is 10.8 Å². The monoisotopic (exact) mass is 294 g/mol. The minimum atomic E-state index is -1.71. The van der Waals surface area contributed by atoms with Gasteiger partial charge in [0.1, 0.15) is 6.10 Å². The standard InChI is InChI=1S/C16H26O3Si/c1-16(2,3)20(5,6)18-11-13-10-12-8-7-9-14(17-4)15(12)19-13/h7-9,13H,10-11H2,1-6H3. The largest absolute Gasteiger partial charge is 0.493 e. The molecule has 0 saturated heterocycles. The first-order chi connectivity index (χ1) is 9.24. The van der Waals surface area contributed by atoms with Crippen molar-refractivity contribution in [3.8, 4) is 11.5 Å². The summed E-state index contributed by atoms with van der Waals surface area (Å²) in [5.41, 5.74) is 1.22. The number of methoxy groups -OCH3 is 1. The van der Waals surface area contributed by atoms with E-state index in [1.807, 2.05) is 12.1 Å². The Labute approximate surface area is 123 Å². The molecule has 1 atom stereocenters. The first-order valence-corrected chi connectivity index (χ1v) is 10.1. The number of rotatable bonds is 4. The van der Waals surface area contributed by atoms with Gasteiger partial charge in [0.15, 0.2) is 19.8 Å². The minimum absolute atomic E-state index is 0.107. The highest BCUT2D eigenvalue weighted by Crippen LogP contribution is 2.39. The fraction of sp³-hybridized carbons (Fsp3) is 0.625. The summed E-state index contributed by atoms with van der Waals surface area (Å²) in [6.45, 7) is 12.0. The van der Waals surface area contributed by atoms with E-state index in [1.54, 1.807) is 7.11 Å². The second-order valence-corrected chi connectivity index (χ2v) is 11.8. The molecule has 1 aliphatic rings. The van der Waals surface area contributed by atoms with E-state index in [1.165, 1.54) is 5.56 Å². The van der Waals surface area contributed by atoms with Crippen LogP contribution in [0.2, 0.25) is 18.1 Å². The molecule has 0 aromatic heterocycles. The van der Waals surface area contributed by atoms with Crippen molar-refractivity contribution in [2.24, 2.45) is 0 Å². The Kier molecular flexibility index (Phi) is 4.16. The van der Waals surface area contributed by atoms with Crippen LogP contribution in [0.3, 0.4) is 0 Å². The third-order valence-electron chi connectivity index (χ3n) is 4.45. The van der Waals surface area contributed by atoms with Crippen LogP contribution in [0.1, 0.15) is 26.3 Å². The molecule has 1 aromatic carbocycles. The summed E-state index contributed by atoms with van der Waals surface area (Å²) >= 11 is 0. The number of benzene rings is 1. The van der Waals surface area contributed by atoms with Crippen LogP contribution in [0.25, 0.3) is 0 Å². The molecule has 0 radical (unpaired) electrons. The first kappa shape index (κ1) is 15.4. The Morgan fingerprint density at radius 1 is 1.30 bits per heavy atom. The van der Waals surface area contributed by atoms with Gasteiger partial charge < -0.3 is 13.9 Å². The van der Waals surface area contributed by atoms with Crippen LogP contribution < -0.4 is 9.47 Å². The fourth-order valence-electron chi connectivity index (χ4n) is 2.08. The van der Waals surface area contributed by atoms with Crippen LogP contribution in [-0.4, -0.2) is 28.1 Å². The van der Waals surface area contributed by atoms with Gasteiger partial charge in [-0.3, -0.25) is 0 Å². The van der Waals surface area contributed by atoms with Gasteiger partial charge in [0.25, 0.3) is 0 Å². The summed E-state index contributed by atoms with van der Waals surface area (Å²) in [7, 11) is -0.0299. The van der Waals surface area contributed by atoms with Gasteiger partial charge in [-0.15, -0.1) is 0 Å². The quantitative estimate of drug-likeness (QED) is 0.785. The van der Waals surface area contributed by atoms with Crippen molar-refractivity contribution in [2.45, 2.75) is 51.4 Å². The predicted molar refractivity (Wildman–Crippen MR) is 84.3 cm³/mol. The molecular formula is C16H26O3Si. The van der Waals surface area contributed by atoms with E-state index < -0.39 is 8.32 Å². The second kappa shape index (κ2) is 5.41. The Morgan fingerprint density at radius 3 is 2.60 bits per heavy atom. The molecule has 0 amide bonds. The molecule has 4 heteroatoms. The maximum atomic E-state index is 6.26. The number of ether oxygens (including phenoxy) is 2. The van der Waals surface area contributed by atoms with E-state index >= 15 is 0 Å². The summed E-state index contributed by atoms with van der Waals surface area (Å²) in [5, 5.41) is 0.232. The molecule has 0 aliphatic carbocycles. The van der Waals surface area contributed by atoms with Crippen LogP contribution in [0, 0.1) is 0 Å². The van der Waals surface area contributed by atoms with Crippen molar-refractivity contribution in [3.05, 3.63) is 23.8 Å². The maximum Gasteiger partial charge on any atom is 0.192 e. The van der Waals surface area contributed by atoms with Crippen LogP contribution in [0.5, 0.6) is 11.5 Å². The molecule has 1 aliphatic heterocycles. The van der Waals surface area contributed by atoms with E-state index in [2.05, 4.69) is 39.9 Å². The highest BCUT2D eigenvalue weighted by molar-refractivity contribution is 6.74. The third kappa shape index (κ3) is 3.01. The van der Waals surface area contributed by atoms with Crippen LogP contribution >= 0.6 is 0 Å². The molecule has 1 unspecified atom stereocenters. The Morgan fingerprint density at radius 2 is 2.00 bits per heavy atom. The smallest absolute Gasteiger partial charge is 0.192 e. The topological polar surface area (TPSA) is 27.7 Å². The van der Waals surface area contributed by atoms with Gasteiger partial charge in [0.05, 0.1) is 13.7 Å². The molecule has 0 fully saturated rings. The summed E-state index contributed by atoms with van der Waals surface area (Å²) in [6, 6.07) is 6.05. The Hall–Kier alpha value is -1.00. The average Bonchev–Trinajstić information content (AvgIpc) is 2.77.